The predicted molar refractivity (Wildman–Crippen MR) is 74.8 cm³/mol. The maximum absolute atomic E-state index is 13.2. The summed E-state index contributed by atoms with van der Waals surface area (Å²) < 4.78 is 38.4. The number of imidazole rings is 1. The molecule has 0 amide bonds. The fraction of sp³-hybridized carbons (Fsp3) is 0.462. The third kappa shape index (κ3) is 2.55. The summed E-state index contributed by atoms with van der Waals surface area (Å²) in [7, 11) is -1.10. The predicted octanol–water partition coefficient (Wildman–Crippen LogP) is 0.641. The van der Waals surface area contributed by atoms with Gasteiger partial charge in [0, 0.05) is 32.1 Å². The Hall–Kier alpha value is -1.47. The van der Waals surface area contributed by atoms with E-state index in [1.165, 1.54) is 12.1 Å². The van der Waals surface area contributed by atoms with E-state index in [2.05, 4.69) is 10.3 Å². The van der Waals surface area contributed by atoms with Gasteiger partial charge in [0.05, 0.1) is 22.5 Å². The molecular formula is C13H16FN3O2S. The highest BCUT2D eigenvalue weighted by atomic mass is 32.2. The van der Waals surface area contributed by atoms with Crippen LogP contribution in [0.1, 0.15) is 5.82 Å². The maximum atomic E-state index is 13.2. The monoisotopic (exact) mass is 297 g/mol. The highest BCUT2D eigenvalue weighted by Gasteiger charge is 2.25. The van der Waals surface area contributed by atoms with E-state index in [0.29, 0.717) is 18.5 Å². The first-order valence-corrected chi connectivity index (χ1v) is 8.31. The number of benzene rings is 1. The molecule has 1 N–H and O–H groups in total. The summed E-state index contributed by atoms with van der Waals surface area (Å²) >= 11 is 0. The van der Waals surface area contributed by atoms with Gasteiger partial charge in [0.15, 0.2) is 9.84 Å². The molecule has 1 unspecified atom stereocenters. The van der Waals surface area contributed by atoms with E-state index in [9.17, 15) is 12.8 Å². The van der Waals surface area contributed by atoms with Gasteiger partial charge in [-0.1, -0.05) is 0 Å². The molecule has 2 aromatic rings. The Morgan fingerprint density at radius 3 is 3.05 bits per heavy atom. The van der Waals surface area contributed by atoms with E-state index in [4.69, 9.17) is 0 Å². The van der Waals surface area contributed by atoms with Gasteiger partial charge in [-0.25, -0.2) is 17.8 Å². The second-order valence-electron chi connectivity index (χ2n) is 5.19. The Bertz CT molecular complexity index is 754. The summed E-state index contributed by atoms with van der Waals surface area (Å²) in [6.45, 7) is 0.478. The molecule has 20 heavy (non-hydrogen) atoms. The molecule has 0 spiro atoms. The zero-order chi connectivity index (χ0) is 14.3. The van der Waals surface area contributed by atoms with Crippen molar-refractivity contribution in [1.82, 2.24) is 14.9 Å². The molecule has 0 saturated carbocycles. The summed E-state index contributed by atoms with van der Waals surface area (Å²) in [6, 6.07) is 4.35. The van der Waals surface area contributed by atoms with Crippen molar-refractivity contribution < 1.29 is 12.8 Å². The first-order chi connectivity index (χ1) is 9.44. The molecule has 0 radical (unpaired) electrons. The second-order valence-corrected chi connectivity index (χ2v) is 7.42. The first kappa shape index (κ1) is 13.5. The number of halogens is 1. The van der Waals surface area contributed by atoms with Crippen LogP contribution in [0.4, 0.5) is 4.39 Å². The smallest absolute Gasteiger partial charge is 0.153 e. The third-order valence-electron chi connectivity index (χ3n) is 3.67. The van der Waals surface area contributed by atoms with Crippen molar-refractivity contribution in [1.29, 1.82) is 0 Å². The molecule has 1 aliphatic rings. The van der Waals surface area contributed by atoms with Crippen LogP contribution in [-0.2, 0) is 23.3 Å². The first-order valence-electron chi connectivity index (χ1n) is 6.49. The standard InChI is InChI=1S/C13H16FN3O2S/c1-17-12-3-2-9(14)6-11(12)16-13(17)7-10-8-20(18,19)5-4-15-10/h2-3,6,10,15H,4-5,7-8H2,1H3. The van der Waals surface area contributed by atoms with Crippen LogP contribution in [0.15, 0.2) is 18.2 Å². The van der Waals surface area contributed by atoms with E-state index in [0.717, 1.165) is 11.3 Å². The zero-order valence-corrected chi connectivity index (χ0v) is 12.0. The lowest BCUT2D eigenvalue weighted by atomic mass is 10.2. The maximum Gasteiger partial charge on any atom is 0.153 e. The fourth-order valence-corrected chi connectivity index (χ4v) is 4.07. The highest BCUT2D eigenvalue weighted by molar-refractivity contribution is 7.91. The largest absolute Gasteiger partial charge is 0.331 e. The minimum Gasteiger partial charge on any atom is -0.331 e. The highest BCUT2D eigenvalue weighted by Crippen LogP contribution is 2.18. The van der Waals surface area contributed by atoms with Crippen LogP contribution in [0.3, 0.4) is 0 Å². The number of hydrogen-bond donors (Lipinski definition) is 1. The molecule has 1 aliphatic heterocycles. The minimum absolute atomic E-state index is 0.130. The average molecular weight is 297 g/mol. The van der Waals surface area contributed by atoms with Crippen molar-refractivity contribution in [3.8, 4) is 0 Å². The number of aryl methyl sites for hydroxylation is 1. The van der Waals surface area contributed by atoms with Gasteiger partial charge >= 0.3 is 0 Å². The average Bonchev–Trinajstić information content (AvgIpc) is 2.64. The van der Waals surface area contributed by atoms with Crippen LogP contribution in [-0.4, -0.2) is 42.1 Å². The van der Waals surface area contributed by atoms with Crippen molar-refractivity contribution in [2.24, 2.45) is 7.05 Å². The fourth-order valence-electron chi connectivity index (χ4n) is 2.62. The van der Waals surface area contributed by atoms with Gasteiger partial charge in [-0.3, -0.25) is 0 Å². The molecule has 1 aromatic carbocycles. The summed E-state index contributed by atoms with van der Waals surface area (Å²) in [4.78, 5) is 4.40. The molecule has 2 heterocycles. The van der Waals surface area contributed by atoms with Gasteiger partial charge < -0.3 is 9.88 Å². The van der Waals surface area contributed by atoms with E-state index >= 15 is 0 Å². The number of rotatable bonds is 2. The lowest BCUT2D eigenvalue weighted by Gasteiger charge is -2.23. The molecule has 0 bridgehead atoms. The zero-order valence-electron chi connectivity index (χ0n) is 11.1. The minimum atomic E-state index is -2.96. The van der Waals surface area contributed by atoms with Gasteiger partial charge in [-0.05, 0) is 12.1 Å². The summed E-state index contributed by atoms with van der Waals surface area (Å²) in [5.74, 6) is 0.766. The van der Waals surface area contributed by atoms with Crippen LogP contribution >= 0.6 is 0 Å². The summed E-state index contributed by atoms with van der Waals surface area (Å²) in [5.41, 5.74) is 1.45. The van der Waals surface area contributed by atoms with Crippen LogP contribution in [0.5, 0.6) is 0 Å². The van der Waals surface area contributed by atoms with Crippen molar-refractivity contribution in [2.45, 2.75) is 12.5 Å². The molecule has 0 aliphatic carbocycles. The van der Waals surface area contributed by atoms with Gasteiger partial charge in [0.25, 0.3) is 0 Å². The van der Waals surface area contributed by atoms with Crippen LogP contribution in [0, 0.1) is 5.82 Å². The normalized spacial score (nSPS) is 22.2. The van der Waals surface area contributed by atoms with Gasteiger partial charge in [0.1, 0.15) is 11.6 Å². The molecule has 1 aromatic heterocycles. The molecular weight excluding hydrogens is 281 g/mol. The van der Waals surface area contributed by atoms with Gasteiger partial charge in [-0.15, -0.1) is 0 Å². The van der Waals surface area contributed by atoms with E-state index < -0.39 is 9.84 Å². The van der Waals surface area contributed by atoms with Crippen molar-refractivity contribution in [2.75, 3.05) is 18.1 Å². The number of nitrogens with one attached hydrogen (secondary N) is 1. The molecule has 1 atom stereocenters. The van der Waals surface area contributed by atoms with E-state index in [-0.39, 0.29) is 23.4 Å². The lowest BCUT2D eigenvalue weighted by molar-refractivity contribution is 0.505. The van der Waals surface area contributed by atoms with Gasteiger partial charge in [-0.2, -0.15) is 0 Å². The Kier molecular flexibility index (Phi) is 3.25. The Morgan fingerprint density at radius 2 is 2.30 bits per heavy atom. The molecule has 3 rings (SSSR count). The summed E-state index contributed by atoms with van der Waals surface area (Å²) in [5, 5.41) is 3.20. The van der Waals surface area contributed by atoms with Crippen molar-refractivity contribution >= 4 is 20.9 Å². The molecule has 5 nitrogen and oxygen atoms in total. The number of fused-ring (bicyclic) bond motifs is 1. The molecule has 108 valence electrons. The van der Waals surface area contributed by atoms with Crippen LogP contribution in [0.25, 0.3) is 11.0 Å². The van der Waals surface area contributed by atoms with Crippen molar-refractivity contribution in [3.63, 3.8) is 0 Å². The van der Waals surface area contributed by atoms with Crippen LogP contribution in [0.2, 0.25) is 0 Å². The number of nitrogens with zero attached hydrogens (tertiary/aromatic N) is 2. The van der Waals surface area contributed by atoms with E-state index in [1.807, 2.05) is 11.6 Å². The Balaban J connectivity index is 1.89. The van der Waals surface area contributed by atoms with Crippen LogP contribution < -0.4 is 5.32 Å². The number of hydrogen-bond acceptors (Lipinski definition) is 4. The lowest BCUT2D eigenvalue weighted by Crippen LogP contribution is -2.46. The second kappa shape index (κ2) is 4.82. The number of aromatic nitrogens is 2. The van der Waals surface area contributed by atoms with Crippen molar-refractivity contribution in [3.05, 3.63) is 29.8 Å². The van der Waals surface area contributed by atoms with Gasteiger partial charge in [0.2, 0.25) is 0 Å². The molecule has 7 heteroatoms. The third-order valence-corrected chi connectivity index (χ3v) is 5.40. The van der Waals surface area contributed by atoms with E-state index in [1.54, 1.807) is 6.07 Å². The molecule has 1 saturated heterocycles. The Morgan fingerprint density at radius 1 is 1.50 bits per heavy atom. The summed E-state index contributed by atoms with van der Waals surface area (Å²) in [6.07, 6.45) is 0.520. The molecule has 1 fully saturated rings. The SMILES string of the molecule is Cn1c(CC2CS(=O)(=O)CCN2)nc2cc(F)ccc21. The Labute approximate surface area is 116 Å². The topological polar surface area (TPSA) is 64.0 Å². The number of sulfone groups is 1. The quantitative estimate of drug-likeness (QED) is 0.883.